The third-order valence-corrected chi connectivity index (χ3v) is 8.91. The molecule has 10 nitrogen and oxygen atoms in total. The van der Waals surface area contributed by atoms with Gasteiger partial charge in [-0.05, 0) is 32.4 Å². The van der Waals surface area contributed by atoms with Gasteiger partial charge in [-0.25, -0.2) is 4.79 Å². The van der Waals surface area contributed by atoms with Gasteiger partial charge in [0.25, 0.3) is 0 Å². The first-order valence-electron chi connectivity index (χ1n) is 12.3. The largest absolute Gasteiger partial charge is 0.497 e. The molecule has 1 fully saturated rings. The summed E-state index contributed by atoms with van der Waals surface area (Å²) < 4.78 is 41.8. The van der Waals surface area contributed by atoms with E-state index in [1.54, 1.807) is 32.9 Å². The van der Waals surface area contributed by atoms with Crippen molar-refractivity contribution in [3.63, 3.8) is 0 Å². The number of Topliss-reactive ketones (excluding diaryl/α,β-unsaturated/α-hetero) is 1. The molecule has 6 rings (SSSR count). The summed E-state index contributed by atoms with van der Waals surface area (Å²) in [5.74, 6) is -0.0349. The Morgan fingerprint density at radius 1 is 1.19 bits per heavy atom. The molecule has 10 heteroatoms. The quantitative estimate of drug-likeness (QED) is 0.474. The van der Waals surface area contributed by atoms with Crippen LogP contribution in [-0.2, 0) is 34.0 Å². The lowest BCUT2D eigenvalue weighted by Gasteiger charge is -2.64. The van der Waals surface area contributed by atoms with Gasteiger partial charge >= 0.3 is 5.97 Å². The number of esters is 1. The van der Waals surface area contributed by atoms with Crippen LogP contribution in [0.4, 0.5) is 0 Å². The standard InChI is InChI=1S/C27H30O10/c1-7-12(2)23(29)36-24-25(4,30)13(3)18-14-8-15-19(35-11-34-15)21-17(14)26(10-33-21)22(28)20(32-6)16(31-5)9-27(24,26)37-18/h7-8,13,18,24,30H,9-11H2,1-6H3/b12-7-/t13-,18+,24+,25-,26-,27-/m0/s1. The van der Waals surface area contributed by atoms with Crippen molar-refractivity contribution in [1.82, 2.24) is 0 Å². The summed E-state index contributed by atoms with van der Waals surface area (Å²) >= 11 is 0. The number of methoxy groups -OCH3 is 2. The van der Waals surface area contributed by atoms with Gasteiger partial charge in [0, 0.05) is 23.5 Å². The average molecular weight is 515 g/mol. The smallest absolute Gasteiger partial charge is 0.333 e. The van der Waals surface area contributed by atoms with Crippen molar-refractivity contribution in [2.45, 2.75) is 62.9 Å². The molecule has 1 aromatic carbocycles. The first-order valence-corrected chi connectivity index (χ1v) is 12.3. The zero-order valence-electron chi connectivity index (χ0n) is 21.6. The normalized spacial score (nSPS) is 37.0. The molecule has 1 N–H and O–H groups in total. The second-order valence-electron chi connectivity index (χ2n) is 10.5. The zero-order chi connectivity index (χ0) is 26.5. The maximum atomic E-state index is 14.5. The van der Waals surface area contributed by atoms with Gasteiger partial charge in [-0.15, -0.1) is 0 Å². The number of carbonyl (C=O) groups is 2. The molecule has 198 valence electrons. The Balaban J connectivity index is 1.69. The number of aliphatic hydroxyl groups is 1. The summed E-state index contributed by atoms with van der Waals surface area (Å²) in [5.41, 5.74) is -3.05. The van der Waals surface area contributed by atoms with Crippen LogP contribution in [0.1, 0.15) is 51.3 Å². The van der Waals surface area contributed by atoms with Crippen molar-refractivity contribution >= 4 is 11.8 Å². The Bertz CT molecular complexity index is 1290. The van der Waals surface area contributed by atoms with Gasteiger partial charge in [0.15, 0.2) is 17.6 Å². The third kappa shape index (κ3) is 2.67. The Morgan fingerprint density at radius 3 is 2.62 bits per heavy atom. The second kappa shape index (κ2) is 7.64. The van der Waals surface area contributed by atoms with Crippen molar-refractivity contribution in [3.8, 4) is 17.2 Å². The van der Waals surface area contributed by atoms with E-state index in [0.29, 0.717) is 33.9 Å². The molecule has 2 spiro atoms. The number of allylic oxidation sites excluding steroid dienone is 2. The Hall–Kier alpha value is -3.24. The van der Waals surface area contributed by atoms with Crippen LogP contribution in [-0.4, -0.2) is 61.8 Å². The first kappa shape index (κ1) is 24.1. The predicted octanol–water partition coefficient (Wildman–Crippen LogP) is 2.61. The Kier molecular flexibility index (Phi) is 4.98. The van der Waals surface area contributed by atoms with E-state index in [0.717, 1.165) is 0 Å². The summed E-state index contributed by atoms with van der Waals surface area (Å²) in [4.78, 5) is 27.6. The maximum absolute atomic E-state index is 14.5. The molecule has 0 unspecified atom stereocenters. The number of ketones is 1. The monoisotopic (exact) mass is 514 g/mol. The van der Waals surface area contributed by atoms with Gasteiger partial charge < -0.3 is 38.3 Å². The van der Waals surface area contributed by atoms with E-state index in [-0.39, 0.29) is 31.3 Å². The molecule has 0 radical (unpaired) electrons. The van der Waals surface area contributed by atoms with Gasteiger partial charge in [0.1, 0.15) is 29.0 Å². The van der Waals surface area contributed by atoms with Gasteiger partial charge in [0.05, 0.1) is 20.3 Å². The second-order valence-corrected chi connectivity index (χ2v) is 10.5. The van der Waals surface area contributed by atoms with E-state index in [9.17, 15) is 14.7 Å². The van der Waals surface area contributed by atoms with Crippen LogP contribution in [0.25, 0.3) is 0 Å². The lowest BCUT2D eigenvalue weighted by molar-refractivity contribution is -0.317. The average Bonchev–Trinajstić information content (AvgIpc) is 3.52. The van der Waals surface area contributed by atoms with Crippen molar-refractivity contribution < 1.29 is 47.9 Å². The number of rotatable bonds is 4. The number of hydrogen-bond acceptors (Lipinski definition) is 10. The minimum Gasteiger partial charge on any atom is -0.497 e. The van der Waals surface area contributed by atoms with Crippen molar-refractivity contribution in [1.29, 1.82) is 0 Å². The van der Waals surface area contributed by atoms with Crippen LogP contribution in [0.15, 0.2) is 29.2 Å². The lowest BCUT2D eigenvalue weighted by atomic mass is 9.50. The number of benzene rings is 1. The fourth-order valence-electron chi connectivity index (χ4n) is 6.68. The molecule has 4 heterocycles. The number of fused-ring (bicyclic) bond motifs is 4. The van der Waals surface area contributed by atoms with E-state index >= 15 is 0 Å². The van der Waals surface area contributed by atoms with E-state index in [1.807, 2.05) is 6.92 Å². The summed E-state index contributed by atoms with van der Waals surface area (Å²) in [6.45, 7) is 6.68. The molecule has 4 aliphatic heterocycles. The van der Waals surface area contributed by atoms with Crippen LogP contribution >= 0.6 is 0 Å². The molecule has 5 aliphatic rings. The minimum atomic E-state index is -1.60. The Labute approximate surface area is 214 Å². The number of ether oxygens (including phenoxy) is 7. The van der Waals surface area contributed by atoms with Crippen molar-refractivity contribution in [3.05, 3.63) is 40.4 Å². The molecule has 6 atom stereocenters. The van der Waals surface area contributed by atoms with Gasteiger partial charge in [-0.2, -0.15) is 0 Å². The lowest BCUT2D eigenvalue weighted by Crippen LogP contribution is -2.78. The van der Waals surface area contributed by atoms with Crippen LogP contribution in [0.2, 0.25) is 0 Å². The van der Waals surface area contributed by atoms with Crippen LogP contribution in [0, 0.1) is 5.92 Å². The van der Waals surface area contributed by atoms with Crippen LogP contribution < -0.4 is 14.2 Å². The molecule has 1 aliphatic carbocycles. The predicted molar refractivity (Wildman–Crippen MR) is 126 cm³/mol. The number of hydrogen-bond donors (Lipinski definition) is 1. The molecular weight excluding hydrogens is 484 g/mol. The molecule has 2 bridgehead atoms. The highest BCUT2D eigenvalue weighted by Crippen LogP contribution is 2.69. The van der Waals surface area contributed by atoms with Crippen molar-refractivity contribution in [2.75, 3.05) is 27.6 Å². The minimum absolute atomic E-state index is 0.00129. The molecular formula is C27H30O10. The Morgan fingerprint density at radius 2 is 1.95 bits per heavy atom. The highest BCUT2D eigenvalue weighted by Gasteiger charge is 2.79. The topological polar surface area (TPSA) is 119 Å². The summed E-state index contributed by atoms with van der Waals surface area (Å²) in [6, 6.07) is 1.80. The molecule has 37 heavy (non-hydrogen) atoms. The fraction of sp³-hybridized carbons (Fsp3) is 0.556. The van der Waals surface area contributed by atoms with E-state index in [2.05, 4.69) is 0 Å². The van der Waals surface area contributed by atoms with E-state index < -0.39 is 46.5 Å². The van der Waals surface area contributed by atoms with Gasteiger partial charge in [0.2, 0.25) is 24.1 Å². The molecule has 0 aromatic heterocycles. The van der Waals surface area contributed by atoms with Gasteiger partial charge in [-0.3, -0.25) is 4.79 Å². The van der Waals surface area contributed by atoms with E-state index in [4.69, 9.17) is 33.2 Å². The fourth-order valence-corrected chi connectivity index (χ4v) is 6.68. The highest BCUT2D eigenvalue weighted by atomic mass is 16.7. The van der Waals surface area contributed by atoms with Crippen molar-refractivity contribution in [2.24, 2.45) is 5.92 Å². The first-order chi connectivity index (χ1) is 17.6. The molecule has 0 amide bonds. The zero-order valence-corrected chi connectivity index (χ0v) is 21.6. The van der Waals surface area contributed by atoms with Gasteiger partial charge in [-0.1, -0.05) is 13.0 Å². The summed E-state index contributed by atoms with van der Waals surface area (Å²) in [7, 11) is 2.84. The molecule has 1 aromatic rings. The highest BCUT2D eigenvalue weighted by molar-refractivity contribution is 6.07. The summed E-state index contributed by atoms with van der Waals surface area (Å²) in [6.07, 6.45) is -0.291. The van der Waals surface area contributed by atoms with Crippen LogP contribution in [0.5, 0.6) is 17.2 Å². The maximum Gasteiger partial charge on any atom is 0.333 e. The SMILES string of the molecule is C/C=C(/C)C(=O)O[C@@H]1[C@@](C)(O)[C@@H](C)[C@H]2O[C@@]13CC(OC)=C(OC)C(=O)[C@@]31COc3c4c(cc2c31)OCO4. The molecule has 0 saturated carbocycles. The van der Waals surface area contributed by atoms with E-state index in [1.165, 1.54) is 14.2 Å². The third-order valence-electron chi connectivity index (χ3n) is 8.91. The van der Waals surface area contributed by atoms with Crippen LogP contribution in [0.3, 0.4) is 0 Å². The summed E-state index contributed by atoms with van der Waals surface area (Å²) in [5, 5.41) is 12.1. The molecule has 1 saturated heterocycles. The number of carbonyl (C=O) groups excluding carboxylic acids is 2.